The summed E-state index contributed by atoms with van der Waals surface area (Å²) in [6.07, 6.45) is 1.58. The highest BCUT2D eigenvalue weighted by Crippen LogP contribution is 2.30. The van der Waals surface area contributed by atoms with Crippen LogP contribution in [0.2, 0.25) is 0 Å². The molecule has 11 nitrogen and oxygen atoms in total. The smallest absolute Gasteiger partial charge is 0.296 e. The van der Waals surface area contributed by atoms with E-state index >= 15 is 0 Å². The molecule has 0 atom stereocenters. The van der Waals surface area contributed by atoms with Gasteiger partial charge < -0.3 is 11.5 Å². The Balaban J connectivity index is 1.83. The third-order valence-electron chi connectivity index (χ3n) is 4.21. The first-order valence-electron chi connectivity index (χ1n) is 8.52. The van der Waals surface area contributed by atoms with E-state index in [4.69, 9.17) is 16.6 Å². The fourth-order valence-corrected chi connectivity index (χ4v) is 3.42. The molecule has 0 radical (unpaired) electrons. The zero-order valence-corrected chi connectivity index (χ0v) is 16.1. The number of nitrogens with two attached hydrogens (primary N) is 3. The molecule has 0 spiro atoms. The van der Waals surface area contributed by atoms with Gasteiger partial charge in [-0.2, -0.15) is 13.5 Å². The molecule has 0 saturated carbocycles. The Kier molecular flexibility index (Phi) is 4.67. The summed E-state index contributed by atoms with van der Waals surface area (Å²) in [6.45, 7) is 0.121. The molecule has 4 rings (SSSR count). The van der Waals surface area contributed by atoms with Crippen LogP contribution in [0.5, 0.6) is 0 Å². The minimum atomic E-state index is -4.12. The fourth-order valence-electron chi connectivity index (χ4n) is 2.92. The van der Waals surface area contributed by atoms with Gasteiger partial charge in [-0.3, -0.25) is 4.72 Å². The largest absolute Gasteiger partial charge is 0.382 e. The van der Waals surface area contributed by atoms with Gasteiger partial charge in [-0.15, -0.1) is 0 Å². The number of benzene rings is 1. The van der Waals surface area contributed by atoms with E-state index in [0.717, 1.165) is 0 Å². The van der Waals surface area contributed by atoms with E-state index in [1.807, 2.05) is 4.72 Å². The maximum Gasteiger partial charge on any atom is 0.296 e. The lowest BCUT2D eigenvalue weighted by Gasteiger charge is -2.10. The van der Waals surface area contributed by atoms with Crippen molar-refractivity contribution in [2.45, 2.75) is 6.54 Å². The summed E-state index contributed by atoms with van der Waals surface area (Å²) < 4.78 is 40.2. The van der Waals surface area contributed by atoms with Crippen molar-refractivity contribution in [3.8, 4) is 11.5 Å². The van der Waals surface area contributed by atoms with Crippen LogP contribution in [0.1, 0.15) is 5.56 Å². The zero-order valence-electron chi connectivity index (χ0n) is 15.3. The summed E-state index contributed by atoms with van der Waals surface area (Å²) in [5, 5.41) is 10.0. The van der Waals surface area contributed by atoms with Gasteiger partial charge in [0, 0.05) is 11.8 Å². The van der Waals surface area contributed by atoms with Crippen molar-refractivity contribution >= 4 is 38.6 Å². The Labute approximate surface area is 169 Å². The molecule has 3 heterocycles. The number of fused-ring (bicyclic) bond motifs is 1. The molecule has 154 valence electrons. The van der Waals surface area contributed by atoms with Crippen LogP contribution in [0.15, 0.2) is 42.6 Å². The van der Waals surface area contributed by atoms with Gasteiger partial charge in [0.2, 0.25) is 0 Å². The number of pyridine rings is 1. The zero-order chi connectivity index (χ0) is 21.5. The average Bonchev–Trinajstić information content (AvgIpc) is 3.04. The lowest BCUT2D eigenvalue weighted by molar-refractivity contribution is 0.589. The molecule has 0 aliphatic heterocycles. The Hall–Kier alpha value is -3.84. The van der Waals surface area contributed by atoms with Crippen molar-refractivity contribution in [3.63, 3.8) is 0 Å². The monoisotopic (exact) mass is 429 g/mol. The maximum absolute atomic E-state index is 14.1. The number of rotatable bonds is 5. The predicted molar refractivity (Wildman–Crippen MR) is 110 cm³/mol. The summed E-state index contributed by atoms with van der Waals surface area (Å²) in [6, 6.07) is 9.77. The molecule has 3 aromatic heterocycles. The van der Waals surface area contributed by atoms with Crippen molar-refractivity contribution in [1.29, 1.82) is 0 Å². The van der Waals surface area contributed by atoms with Crippen LogP contribution in [0, 0.1) is 5.82 Å². The number of anilines is 3. The van der Waals surface area contributed by atoms with Crippen LogP contribution >= 0.6 is 0 Å². The van der Waals surface area contributed by atoms with Crippen molar-refractivity contribution in [1.82, 2.24) is 24.7 Å². The lowest BCUT2D eigenvalue weighted by atomic mass is 10.2. The Morgan fingerprint density at radius 2 is 1.77 bits per heavy atom. The second-order valence-electron chi connectivity index (χ2n) is 6.31. The average molecular weight is 429 g/mol. The molecular formula is C17H16FN9O2S. The van der Waals surface area contributed by atoms with Crippen molar-refractivity contribution < 1.29 is 12.8 Å². The van der Waals surface area contributed by atoms with Gasteiger partial charge in [0.1, 0.15) is 17.2 Å². The number of hydrogen-bond donors (Lipinski definition) is 4. The first kappa shape index (κ1) is 19.5. The van der Waals surface area contributed by atoms with Crippen LogP contribution in [0.4, 0.5) is 21.7 Å². The molecule has 0 fully saturated rings. The third-order valence-corrected chi connectivity index (χ3v) is 4.69. The maximum atomic E-state index is 14.1. The second-order valence-corrected chi connectivity index (χ2v) is 7.61. The summed E-state index contributed by atoms with van der Waals surface area (Å²) in [7, 11) is -4.12. The normalized spacial score (nSPS) is 11.7. The van der Waals surface area contributed by atoms with E-state index in [1.54, 1.807) is 36.5 Å². The number of nitrogens with zero attached hydrogens (tertiary/aromatic N) is 5. The quantitative estimate of drug-likeness (QED) is 0.360. The lowest BCUT2D eigenvalue weighted by Crippen LogP contribution is -2.24. The van der Waals surface area contributed by atoms with Crippen LogP contribution < -0.4 is 21.3 Å². The highest BCUT2D eigenvalue weighted by Gasteiger charge is 2.20. The Morgan fingerprint density at radius 3 is 2.43 bits per heavy atom. The number of nitrogens with one attached hydrogen (secondary N) is 1. The van der Waals surface area contributed by atoms with Gasteiger partial charge in [0.15, 0.2) is 23.1 Å². The fraction of sp³-hybridized carbons (Fsp3) is 0.0588. The van der Waals surface area contributed by atoms with E-state index in [2.05, 4.69) is 20.1 Å². The molecule has 0 saturated heterocycles. The Bertz CT molecular complexity index is 1350. The molecule has 13 heteroatoms. The molecule has 7 N–H and O–H groups in total. The van der Waals surface area contributed by atoms with Crippen LogP contribution in [-0.4, -0.2) is 33.2 Å². The van der Waals surface area contributed by atoms with Gasteiger partial charge in [-0.25, -0.2) is 29.2 Å². The van der Waals surface area contributed by atoms with Crippen molar-refractivity contribution in [2.24, 2.45) is 5.14 Å². The second kappa shape index (κ2) is 7.20. The molecule has 0 aliphatic rings. The van der Waals surface area contributed by atoms with E-state index in [9.17, 15) is 12.8 Å². The number of nitrogen functional groups attached to an aromatic ring is 2. The molecule has 0 unspecified atom stereocenters. The summed E-state index contributed by atoms with van der Waals surface area (Å²) >= 11 is 0. The number of halogens is 1. The molecule has 1 aromatic carbocycles. The number of hydrogen-bond acceptors (Lipinski definition) is 8. The first-order valence-corrected chi connectivity index (χ1v) is 10.1. The molecular weight excluding hydrogens is 413 g/mol. The molecule has 4 aromatic rings. The highest BCUT2D eigenvalue weighted by molar-refractivity contribution is 7.90. The van der Waals surface area contributed by atoms with Gasteiger partial charge in [-0.1, -0.05) is 18.2 Å². The van der Waals surface area contributed by atoms with Crippen LogP contribution in [0.3, 0.4) is 0 Å². The summed E-state index contributed by atoms with van der Waals surface area (Å²) in [5.74, 6) is -0.781. The van der Waals surface area contributed by atoms with E-state index < -0.39 is 10.2 Å². The molecule has 30 heavy (non-hydrogen) atoms. The van der Waals surface area contributed by atoms with Crippen molar-refractivity contribution in [3.05, 3.63) is 54.0 Å². The molecule has 0 bridgehead atoms. The summed E-state index contributed by atoms with van der Waals surface area (Å²) in [5.41, 5.74) is 12.7. The first-order chi connectivity index (χ1) is 14.2. The minimum Gasteiger partial charge on any atom is -0.382 e. The molecule has 0 amide bonds. The van der Waals surface area contributed by atoms with Gasteiger partial charge in [0.25, 0.3) is 10.2 Å². The topological polar surface area (TPSA) is 181 Å². The van der Waals surface area contributed by atoms with E-state index in [1.165, 1.54) is 10.7 Å². The highest BCUT2D eigenvalue weighted by atomic mass is 32.2. The van der Waals surface area contributed by atoms with Gasteiger partial charge in [-0.05, 0) is 18.2 Å². The van der Waals surface area contributed by atoms with Crippen LogP contribution in [0.25, 0.3) is 22.6 Å². The SMILES string of the molecule is Nc1nc(-c2nn(Cc3ccccc3F)c3ncccc23)nc(N)c1NS(N)(=O)=O. The third kappa shape index (κ3) is 3.70. The number of aromatic nitrogens is 5. The van der Waals surface area contributed by atoms with E-state index in [-0.39, 0.29) is 35.5 Å². The van der Waals surface area contributed by atoms with E-state index in [0.29, 0.717) is 22.3 Å². The standard InChI is InChI=1S/C17H16FN9O2S/c18-11-6-2-1-4-9(11)8-27-17-10(5-3-7-22-17)12(25-27)16-23-14(19)13(15(20)24-16)26-30(21,28)29/h1-7,26H,8H2,(H2,21,28,29)(H4,19,20,23,24). The van der Waals surface area contributed by atoms with Crippen molar-refractivity contribution in [2.75, 3.05) is 16.2 Å². The summed E-state index contributed by atoms with van der Waals surface area (Å²) in [4.78, 5) is 12.5. The van der Waals surface area contributed by atoms with Gasteiger partial charge in [0.05, 0.1) is 11.9 Å². The molecule has 0 aliphatic carbocycles. The van der Waals surface area contributed by atoms with Crippen LogP contribution in [-0.2, 0) is 16.8 Å². The minimum absolute atomic E-state index is 0.0512. The van der Waals surface area contributed by atoms with Gasteiger partial charge >= 0.3 is 0 Å². The Morgan fingerprint density at radius 1 is 1.07 bits per heavy atom. The predicted octanol–water partition coefficient (Wildman–Crippen LogP) is 0.855.